The second-order valence-electron chi connectivity index (χ2n) is 5.55. The fraction of sp³-hybridized carbons (Fsp3) is 0.556. The lowest BCUT2D eigenvalue weighted by Gasteiger charge is -2.30. The zero-order valence-electron chi connectivity index (χ0n) is 13.4. The summed E-state index contributed by atoms with van der Waals surface area (Å²) in [6.45, 7) is 8.40. The molecule has 1 rings (SSSR count). The average Bonchev–Trinajstić information content (AvgIpc) is 2.46. The summed E-state index contributed by atoms with van der Waals surface area (Å²) < 4.78 is 5.22. The Kier molecular flexibility index (Phi) is 8.07. The van der Waals surface area contributed by atoms with Gasteiger partial charge >= 0.3 is 0 Å². The van der Waals surface area contributed by atoms with Crippen LogP contribution in [0.2, 0.25) is 0 Å². The van der Waals surface area contributed by atoms with Crippen molar-refractivity contribution in [3.63, 3.8) is 0 Å². The maximum Gasteiger partial charge on any atom is 0.107 e. The highest BCUT2D eigenvalue weighted by atomic mass is 16.5. The highest BCUT2D eigenvalue weighted by Crippen LogP contribution is 2.13. The molecule has 3 nitrogen and oxygen atoms in total. The maximum absolute atomic E-state index is 10.1. The third kappa shape index (κ3) is 6.77. The van der Waals surface area contributed by atoms with E-state index >= 15 is 0 Å². The molecule has 0 aromatic heterocycles. The minimum absolute atomic E-state index is 0.248. The Morgan fingerprint density at radius 2 is 2.19 bits per heavy atom. The van der Waals surface area contributed by atoms with E-state index in [0.29, 0.717) is 12.6 Å². The van der Waals surface area contributed by atoms with E-state index in [1.54, 1.807) is 0 Å². The van der Waals surface area contributed by atoms with E-state index in [-0.39, 0.29) is 13.2 Å². The Morgan fingerprint density at radius 3 is 2.81 bits per heavy atom. The van der Waals surface area contributed by atoms with Crippen LogP contribution in [0.1, 0.15) is 31.4 Å². The molecule has 0 aliphatic heterocycles. The number of nitrogens with zero attached hydrogens (tertiary/aromatic N) is 1. The zero-order valence-corrected chi connectivity index (χ0v) is 13.4. The van der Waals surface area contributed by atoms with Gasteiger partial charge in [-0.2, -0.15) is 0 Å². The first-order valence-corrected chi connectivity index (χ1v) is 7.55. The lowest BCUT2D eigenvalue weighted by Crippen LogP contribution is -2.40. The van der Waals surface area contributed by atoms with Crippen molar-refractivity contribution in [1.29, 1.82) is 0 Å². The molecule has 0 spiro atoms. The first kappa shape index (κ1) is 17.7. The molecule has 0 aliphatic carbocycles. The molecule has 0 amide bonds. The maximum atomic E-state index is 10.1. The number of terminal acetylenes is 1. The quantitative estimate of drug-likeness (QED) is 0.560. The number of hydrogen-bond acceptors (Lipinski definition) is 3. The molecule has 1 N–H and O–H groups in total. The Hall–Kier alpha value is -1.34. The number of aliphatic hydroxyl groups excluding tert-OH is 1. The molecule has 1 aromatic rings. The van der Waals surface area contributed by atoms with Crippen molar-refractivity contribution in [2.45, 2.75) is 45.9 Å². The van der Waals surface area contributed by atoms with Crippen molar-refractivity contribution in [3.05, 3.63) is 35.4 Å². The second-order valence-corrected chi connectivity index (χ2v) is 5.55. The third-order valence-electron chi connectivity index (χ3n) is 3.62. The molecule has 2 atom stereocenters. The van der Waals surface area contributed by atoms with Gasteiger partial charge in [-0.15, -0.1) is 6.42 Å². The summed E-state index contributed by atoms with van der Waals surface area (Å²) in [4.78, 5) is 2.29. The van der Waals surface area contributed by atoms with Gasteiger partial charge in [0.25, 0.3) is 0 Å². The largest absolute Gasteiger partial charge is 0.389 e. The van der Waals surface area contributed by atoms with E-state index in [9.17, 15) is 5.11 Å². The van der Waals surface area contributed by atoms with Gasteiger partial charge < -0.3 is 9.84 Å². The monoisotopic (exact) mass is 289 g/mol. The fourth-order valence-electron chi connectivity index (χ4n) is 2.28. The summed E-state index contributed by atoms with van der Waals surface area (Å²) in [5, 5.41) is 10.1. The molecule has 3 heteroatoms. The summed E-state index contributed by atoms with van der Waals surface area (Å²) in [6, 6.07) is 8.90. The minimum Gasteiger partial charge on any atom is -0.389 e. The minimum atomic E-state index is -0.517. The fourth-order valence-corrected chi connectivity index (χ4v) is 2.28. The smallest absolute Gasteiger partial charge is 0.107 e. The second kappa shape index (κ2) is 9.57. The number of benzene rings is 1. The van der Waals surface area contributed by atoms with Crippen LogP contribution in [-0.4, -0.2) is 41.9 Å². The molecule has 0 aliphatic rings. The zero-order chi connectivity index (χ0) is 15.7. The van der Waals surface area contributed by atoms with E-state index in [4.69, 9.17) is 11.2 Å². The van der Waals surface area contributed by atoms with E-state index in [1.807, 2.05) is 0 Å². The van der Waals surface area contributed by atoms with E-state index in [0.717, 1.165) is 13.0 Å². The van der Waals surface area contributed by atoms with E-state index < -0.39 is 6.10 Å². The van der Waals surface area contributed by atoms with Crippen LogP contribution in [0.4, 0.5) is 0 Å². The van der Waals surface area contributed by atoms with Gasteiger partial charge in [-0.05, 0) is 25.8 Å². The molecule has 0 fully saturated rings. The SMILES string of the molecule is C#CCOCC(O)CN(Cc1cccc(C)c1)C(C)CC. The van der Waals surface area contributed by atoms with Crippen LogP contribution in [0, 0.1) is 19.3 Å². The van der Waals surface area contributed by atoms with Crippen LogP contribution in [0.5, 0.6) is 0 Å². The van der Waals surface area contributed by atoms with Crippen LogP contribution < -0.4 is 0 Å². The summed E-state index contributed by atoms with van der Waals surface area (Å²) in [5.74, 6) is 2.41. The number of ether oxygens (including phenoxy) is 1. The molecule has 0 heterocycles. The van der Waals surface area contributed by atoms with Crippen molar-refractivity contribution >= 4 is 0 Å². The average molecular weight is 289 g/mol. The van der Waals surface area contributed by atoms with Crippen molar-refractivity contribution < 1.29 is 9.84 Å². The van der Waals surface area contributed by atoms with Crippen molar-refractivity contribution in [3.8, 4) is 12.3 Å². The number of rotatable bonds is 9. The lowest BCUT2D eigenvalue weighted by atomic mass is 10.1. The first-order valence-electron chi connectivity index (χ1n) is 7.55. The van der Waals surface area contributed by atoms with Crippen molar-refractivity contribution in [1.82, 2.24) is 4.90 Å². The highest BCUT2D eigenvalue weighted by molar-refractivity contribution is 5.22. The summed E-state index contributed by atoms with van der Waals surface area (Å²) in [5.41, 5.74) is 2.53. The number of hydrogen-bond donors (Lipinski definition) is 1. The van der Waals surface area contributed by atoms with E-state index in [2.05, 4.69) is 55.9 Å². The predicted molar refractivity (Wildman–Crippen MR) is 87.0 cm³/mol. The van der Waals surface area contributed by atoms with Crippen LogP contribution in [0.25, 0.3) is 0 Å². The molecular weight excluding hydrogens is 262 g/mol. The van der Waals surface area contributed by atoms with Gasteiger partial charge in [0.15, 0.2) is 0 Å². The Morgan fingerprint density at radius 1 is 1.43 bits per heavy atom. The lowest BCUT2D eigenvalue weighted by molar-refractivity contribution is 0.0170. The molecule has 0 saturated carbocycles. The topological polar surface area (TPSA) is 32.7 Å². The molecular formula is C18H27NO2. The molecule has 21 heavy (non-hydrogen) atoms. The van der Waals surface area contributed by atoms with Crippen LogP contribution in [0.15, 0.2) is 24.3 Å². The standard InChI is InChI=1S/C18H27NO2/c1-5-10-21-14-18(20)13-19(16(4)6-2)12-17-9-7-8-15(3)11-17/h1,7-9,11,16,18,20H,6,10,12-14H2,2-4H3. The van der Waals surface area contributed by atoms with Gasteiger partial charge in [0, 0.05) is 19.1 Å². The van der Waals surface area contributed by atoms with Crippen molar-refractivity contribution in [2.24, 2.45) is 0 Å². The third-order valence-corrected chi connectivity index (χ3v) is 3.62. The van der Waals surface area contributed by atoms with Gasteiger partial charge in [0.2, 0.25) is 0 Å². The molecule has 116 valence electrons. The Labute approximate surface area is 128 Å². The number of aliphatic hydroxyl groups is 1. The van der Waals surface area contributed by atoms with Gasteiger partial charge in [-0.1, -0.05) is 42.7 Å². The highest BCUT2D eigenvalue weighted by Gasteiger charge is 2.17. The van der Waals surface area contributed by atoms with E-state index in [1.165, 1.54) is 11.1 Å². The Balaban J connectivity index is 2.61. The normalized spacial score (nSPS) is 13.9. The molecule has 0 bridgehead atoms. The van der Waals surface area contributed by atoms with Gasteiger partial charge in [-0.3, -0.25) is 4.90 Å². The van der Waals surface area contributed by atoms with Gasteiger partial charge in [-0.25, -0.2) is 0 Å². The summed E-state index contributed by atoms with van der Waals surface area (Å²) in [7, 11) is 0. The molecule has 0 radical (unpaired) electrons. The first-order chi connectivity index (χ1) is 10.1. The van der Waals surface area contributed by atoms with Crippen LogP contribution >= 0.6 is 0 Å². The molecule has 0 saturated heterocycles. The number of aryl methyl sites for hydroxylation is 1. The van der Waals surface area contributed by atoms with Crippen LogP contribution in [-0.2, 0) is 11.3 Å². The Bertz CT molecular complexity index is 453. The predicted octanol–water partition coefficient (Wildman–Crippen LogP) is 2.61. The summed E-state index contributed by atoms with van der Waals surface area (Å²) in [6.07, 6.45) is 5.66. The van der Waals surface area contributed by atoms with Crippen LogP contribution in [0.3, 0.4) is 0 Å². The molecule has 2 unspecified atom stereocenters. The van der Waals surface area contributed by atoms with Gasteiger partial charge in [0.05, 0.1) is 12.7 Å². The van der Waals surface area contributed by atoms with Gasteiger partial charge in [0.1, 0.15) is 6.61 Å². The van der Waals surface area contributed by atoms with Crippen molar-refractivity contribution in [2.75, 3.05) is 19.8 Å². The molecule has 1 aromatic carbocycles. The summed E-state index contributed by atoms with van der Waals surface area (Å²) >= 11 is 0.